The Bertz CT molecular complexity index is 1930. The average Bonchev–Trinajstić information content (AvgIpc) is 3.28. The van der Waals surface area contributed by atoms with Crippen LogP contribution in [0.15, 0.2) is 109 Å². The van der Waals surface area contributed by atoms with Gasteiger partial charge in [0.05, 0.1) is 0 Å². The van der Waals surface area contributed by atoms with Crippen molar-refractivity contribution in [3.8, 4) is 11.1 Å². The van der Waals surface area contributed by atoms with E-state index < -0.39 is 0 Å². The maximum atomic E-state index is 2.46. The molecule has 0 heterocycles. The molecule has 7 aromatic rings. The molecule has 0 heteroatoms. The molecule has 7 aromatic carbocycles. The Balaban J connectivity index is 1.37. The summed E-state index contributed by atoms with van der Waals surface area (Å²) in [6.45, 7) is 2.36. The molecule has 0 aliphatic heterocycles. The lowest BCUT2D eigenvalue weighted by Gasteiger charge is -2.19. The average molecular weight is 445 g/mol. The Kier molecular flexibility index (Phi) is 3.80. The number of hydrogen-bond donors (Lipinski definition) is 0. The summed E-state index contributed by atoms with van der Waals surface area (Å²) in [5.74, 6) is 0.314. The molecular formula is C35H24. The van der Waals surface area contributed by atoms with E-state index in [-0.39, 0.29) is 0 Å². The van der Waals surface area contributed by atoms with E-state index in [9.17, 15) is 0 Å². The largest absolute Gasteiger partial charge is 0.0619 e. The Hall–Kier alpha value is -4.16. The van der Waals surface area contributed by atoms with Gasteiger partial charge >= 0.3 is 0 Å². The van der Waals surface area contributed by atoms with Gasteiger partial charge in [-0.1, -0.05) is 110 Å². The van der Waals surface area contributed by atoms with E-state index in [0.29, 0.717) is 5.92 Å². The Morgan fingerprint density at radius 1 is 0.486 bits per heavy atom. The van der Waals surface area contributed by atoms with Crippen molar-refractivity contribution in [2.24, 2.45) is 0 Å². The van der Waals surface area contributed by atoms with E-state index in [1.54, 1.807) is 0 Å². The summed E-state index contributed by atoms with van der Waals surface area (Å²) in [6, 6.07) is 41.1. The van der Waals surface area contributed by atoms with Crippen LogP contribution in [0.1, 0.15) is 35.1 Å². The minimum atomic E-state index is 0.314. The fourth-order valence-electron chi connectivity index (χ4n) is 6.53. The molecule has 0 amide bonds. The van der Waals surface area contributed by atoms with Gasteiger partial charge in [-0.2, -0.15) is 0 Å². The van der Waals surface area contributed by atoms with E-state index in [1.165, 1.54) is 76.5 Å². The van der Waals surface area contributed by atoms with Gasteiger partial charge in [0, 0.05) is 5.92 Å². The summed E-state index contributed by atoms with van der Waals surface area (Å²) in [5, 5.41) is 10.9. The molecule has 0 saturated carbocycles. The first-order valence-corrected chi connectivity index (χ1v) is 12.6. The zero-order valence-corrected chi connectivity index (χ0v) is 19.7. The van der Waals surface area contributed by atoms with Gasteiger partial charge in [0.2, 0.25) is 0 Å². The highest BCUT2D eigenvalue weighted by Crippen LogP contribution is 2.43. The standard InChI is InChI=1S/C35H24/c1-21(23-15-16-25-17-24-7-2-3-11-28(24)32(25)19-23)27-18-26-10-6-13-30-29-12-4-8-22-9-5-14-31(34(22)29)33(20-27)35(26)30/h2-16,18-21H,17H2,1H3. The third-order valence-corrected chi connectivity index (χ3v) is 8.31. The van der Waals surface area contributed by atoms with Gasteiger partial charge in [-0.15, -0.1) is 0 Å². The van der Waals surface area contributed by atoms with Crippen molar-refractivity contribution in [3.63, 3.8) is 0 Å². The summed E-state index contributed by atoms with van der Waals surface area (Å²) in [4.78, 5) is 0. The minimum absolute atomic E-state index is 0.314. The molecule has 0 saturated heterocycles. The molecule has 0 nitrogen and oxygen atoms in total. The highest BCUT2D eigenvalue weighted by molar-refractivity contribution is 6.32. The van der Waals surface area contributed by atoms with Crippen LogP contribution in [0.25, 0.3) is 54.2 Å². The van der Waals surface area contributed by atoms with Crippen molar-refractivity contribution in [2.45, 2.75) is 19.3 Å². The first-order chi connectivity index (χ1) is 17.3. The number of hydrogen-bond acceptors (Lipinski definition) is 0. The van der Waals surface area contributed by atoms with Gasteiger partial charge in [0.1, 0.15) is 0 Å². The second-order valence-corrected chi connectivity index (χ2v) is 10.2. The molecule has 0 aromatic heterocycles. The predicted octanol–water partition coefficient (Wildman–Crippen LogP) is 9.46. The minimum Gasteiger partial charge on any atom is -0.0619 e. The molecule has 0 spiro atoms. The molecule has 0 N–H and O–H groups in total. The van der Waals surface area contributed by atoms with Gasteiger partial charge in [-0.25, -0.2) is 0 Å². The molecule has 0 radical (unpaired) electrons. The zero-order chi connectivity index (χ0) is 23.1. The van der Waals surface area contributed by atoms with E-state index >= 15 is 0 Å². The molecule has 164 valence electrons. The third kappa shape index (κ3) is 2.63. The van der Waals surface area contributed by atoms with Crippen molar-refractivity contribution in [2.75, 3.05) is 0 Å². The van der Waals surface area contributed by atoms with Crippen LogP contribution in [-0.4, -0.2) is 0 Å². The van der Waals surface area contributed by atoms with Crippen molar-refractivity contribution in [3.05, 3.63) is 131 Å². The van der Waals surface area contributed by atoms with Crippen LogP contribution in [-0.2, 0) is 6.42 Å². The molecule has 8 rings (SSSR count). The van der Waals surface area contributed by atoms with E-state index in [0.717, 1.165) is 6.42 Å². The SMILES string of the molecule is CC(c1ccc2c(c1)-c1ccccc1C2)c1cc2cccc3c4cccc5cccc(c(c1)c23)c54. The van der Waals surface area contributed by atoms with Crippen LogP contribution in [0, 0.1) is 0 Å². The molecule has 0 bridgehead atoms. The lowest BCUT2D eigenvalue weighted by atomic mass is 9.85. The first-order valence-electron chi connectivity index (χ1n) is 12.6. The van der Waals surface area contributed by atoms with Gasteiger partial charge in [-0.3, -0.25) is 0 Å². The summed E-state index contributed by atoms with van der Waals surface area (Å²) >= 11 is 0. The van der Waals surface area contributed by atoms with Crippen LogP contribution in [0.2, 0.25) is 0 Å². The van der Waals surface area contributed by atoms with Gasteiger partial charge in [0.25, 0.3) is 0 Å². The molecule has 35 heavy (non-hydrogen) atoms. The van der Waals surface area contributed by atoms with Crippen molar-refractivity contribution < 1.29 is 0 Å². The molecule has 1 aliphatic rings. The predicted molar refractivity (Wildman–Crippen MR) is 150 cm³/mol. The van der Waals surface area contributed by atoms with Crippen molar-refractivity contribution in [1.82, 2.24) is 0 Å². The normalized spacial score (nSPS) is 13.6. The zero-order valence-electron chi connectivity index (χ0n) is 19.7. The first kappa shape index (κ1) is 19.2. The van der Waals surface area contributed by atoms with E-state index in [2.05, 4.69) is 116 Å². The topological polar surface area (TPSA) is 0 Å². The quantitative estimate of drug-likeness (QED) is 0.184. The molecule has 1 aliphatic carbocycles. The monoisotopic (exact) mass is 444 g/mol. The molecule has 1 atom stereocenters. The third-order valence-electron chi connectivity index (χ3n) is 8.31. The van der Waals surface area contributed by atoms with Crippen LogP contribution < -0.4 is 0 Å². The molecule has 0 fully saturated rings. The summed E-state index contributed by atoms with van der Waals surface area (Å²) < 4.78 is 0. The van der Waals surface area contributed by atoms with Crippen LogP contribution in [0.4, 0.5) is 0 Å². The van der Waals surface area contributed by atoms with Crippen molar-refractivity contribution >= 4 is 43.1 Å². The maximum Gasteiger partial charge on any atom is 0.00616 e. The second kappa shape index (κ2) is 6.93. The number of benzene rings is 7. The Morgan fingerprint density at radius 3 is 1.94 bits per heavy atom. The highest BCUT2D eigenvalue weighted by atomic mass is 14.2. The van der Waals surface area contributed by atoms with Crippen LogP contribution >= 0.6 is 0 Å². The fraction of sp³-hybridized carbons (Fsp3) is 0.0857. The summed E-state index contributed by atoms with van der Waals surface area (Å²) in [7, 11) is 0. The fourth-order valence-corrected chi connectivity index (χ4v) is 6.53. The smallest absolute Gasteiger partial charge is 0.00616 e. The maximum absolute atomic E-state index is 2.46. The summed E-state index contributed by atoms with van der Waals surface area (Å²) in [5.41, 5.74) is 8.47. The second-order valence-electron chi connectivity index (χ2n) is 10.2. The number of rotatable bonds is 2. The highest BCUT2D eigenvalue weighted by Gasteiger charge is 2.21. The lowest BCUT2D eigenvalue weighted by molar-refractivity contribution is 0.926. The van der Waals surface area contributed by atoms with E-state index in [4.69, 9.17) is 0 Å². The molecular weight excluding hydrogens is 420 g/mol. The Labute approximate surface area is 204 Å². The van der Waals surface area contributed by atoms with E-state index in [1.807, 2.05) is 0 Å². The molecule has 1 unspecified atom stereocenters. The lowest BCUT2D eigenvalue weighted by Crippen LogP contribution is -1.98. The van der Waals surface area contributed by atoms with Crippen molar-refractivity contribution in [1.29, 1.82) is 0 Å². The van der Waals surface area contributed by atoms with Gasteiger partial charge in [-0.05, 0) is 89.0 Å². The van der Waals surface area contributed by atoms with Crippen LogP contribution in [0.5, 0.6) is 0 Å². The van der Waals surface area contributed by atoms with Gasteiger partial charge in [0.15, 0.2) is 0 Å². The Morgan fingerprint density at radius 2 is 1.14 bits per heavy atom. The summed E-state index contributed by atoms with van der Waals surface area (Å²) in [6.07, 6.45) is 1.05. The van der Waals surface area contributed by atoms with Crippen LogP contribution in [0.3, 0.4) is 0 Å². The van der Waals surface area contributed by atoms with Gasteiger partial charge < -0.3 is 0 Å². The number of fused-ring (bicyclic) bond motifs is 5.